The molecular formula is C18H38O. The summed E-state index contributed by atoms with van der Waals surface area (Å²) in [5, 5.41) is 9.72. The van der Waals surface area contributed by atoms with Crippen molar-refractivity contribution in [2.45, 2.75) is 98.5 Å². The van der Waals surface area contributed by atoms with Crippen LogP contribution < -0.4 is 0 Å². The molecule has 0 rings (SSSR count). The maximum Gasteiger partial charge on any atom is 0.0591 e. The van der Waals surface area contributed by atoms with Gasteiger partial charge in [-0.25, -0.2) is 0 Å². The number of aliphatic hydroxyl groups is 1. The standard InChI is InChI=1S/C18H38O/c1-15(2)9-7-10-16(3)11-8-12-17(4)13-14-18(5,6)19/h15-17,19H,7-14H2,1-6H3. The zero-order valence-corrected chi connectivity index (χ0v) is 14.3. The van der Waals surface area contributed by atoms with Crippen molar-refractivity contribution in [2.24, 2.45) is 17.8 Å². The quantitative estimate of drug-likeness (QED) is 0.502. The molecule has 0 aromatic carbocycles. The lowest BCUT2D eigenvalue weighted by Gasteiger charge is -2.20. The van der Waals surface area contributed by atoms with E-state index >= 15 is 0 Å². The predicted molar refractivity (Wildman–Crippen MR) is 86.4 cm³/mol. The lowest BCUT2D eigenvalue weighted by Crippen LogP contribution is -2.19. The molecule has 2 unspecified atom stereocenters. The summed E-state index contributed by atoms with van der Waals surface area (Å²) in [4.78, 5) is 0. The average Bonchev–Trinajstić information content (AvgIpc) is 2.25. The Labute approximate surface area is 122 Å². The third-order valence-electron chi connectivity index (χ3n) is 4.12. The van der Waals surface area contributed by atoms with Crippen LogP contribution >= 0.6 is 0 Å². The second-order valence-electron chi connectivity index (χ2n) is 7.82. The zero-order valence-electron chi connectivity index (χ0n) is 14.3. The van der Waals surface area contributed by atoms with Crippen LogP contribution in [0.5, 0.6) is 0 Å². The first kappa shape index (κ1) is 19.0. The van der Waals surface area contributed by atoms with Crippen LogP contribution in [0.25, 0.3) is 0 Å². The molecule has 19 heavy (non-hydrogen) atoms. The summed E-state index contributed by atoms with van der Waals surface area (Å²) in [5.41, 5.74) is -0.488. The Kier molecular flexibility index (Phi) is 9.78. The minimum Gasteiger partial charge on any atom is -0.390 e. The third kappa shape index (κ3) is 14.2. The van der Waals surface area contributed by atoms with Crippen molar-refractivity contribution in [3.63, 3.8) is 0 Å². The van der Waals surface area contributed by atoms with Gasteiger partial charge in [0.15, 0.2) is 0 Å². The minimum absolute atomic E-state index is 0.488. The fourth-order valence-electron chi connectivity index (χ4n) is 2.58. The van der Waals surface area contributed by atoms with Crippen LogP contribution in [0.2, 0.25) is 0 Å². The van der Waals surface area contributed by atoms with Gasteiger partial charge in [-0.1, -0.05) is 66.2 Å². The van der Waals surface area contributed by atoms with Crippen molar-refractivity contribution in [1.82, 2.24) is 0 Å². The molecule has 0 aliphatic rings. The Bertz CT molecular complexity index is 202. The van der Waals surface area contributed by atoms with Gasteiger partial charge in [0.1, 0.15) is 0 Å². The normalized spacial score (nSPS) is 15.8. The van der Waals surface area contributed by atoms with Gasteiger partial charge in [-0.3, -0.25) is 0 Å². The maximum atomic E-state index is 9.72. The lowest BCUT2D eigenvalue weighted by atomic mass is 9.90. The SMILES string of the molecule is CC(C)CCCC(C)CCCC(C)CCC(C)(C)O. The molecule has 0 aromatic rings. The van der Waals surface area contributed by atoms with E-state index in [0.29, 0.717) is 0 Å². The van der Waals surface area contributed by atoms with Crippen LogP contribution in [0.3, 0.4) is 0 Å². The third-order valence-corrected chi connectivity index (χ3v) is 4.12. The Morgan fingerprint density at radius 2 is 1.16 bits per heavy atom. The Balaban J connectivity index is 3.50. The topological polar surface area (TPSA) is 20.2 Å². The lowest BCUT2D eigenvalue weighted by molar-refractivity contribution is 0.0637. The first-order chi connectivity index (χ1) is 8.70. The van der Waals surface area contributed by atoms with Gasteiger partial charge in [-0.2, -0.15) is 0 Å². The monoisotopic (exact) mass is 270 g/mol. The van der Waals surface area contributed by atoms with E-state index in [0.717, 1.165) is 30.6 Å². The molecule has 1 N–H and O–H groups in total. The van der Waals surface area contributed by atoms with Gasteiger partial charge in [0, 0.05) is 0 Å². The number of rotatable bonds is 11. The molecule has 2 atom stereocenters. The Morgan fingerprint density at radius 3 is 1.58 bits per heavy atom. The molecule has 0 aromatic heterocycles. The largest absolute Gasteiger partial charge is 0.390 e. The highest BCUT2D eigenvalue weighted by atomic mass is 16.3. The van der Waals surface area contributed by atoms with E-state index in [2.05, 4.69) is 27.7 Å². The predicted octanol–water partition coefficient (Wildman–Crippen LogP) is 5.81. The van der Waals surface area contributed by atoms with Crippen molar-refractivity contribution in [2.75, 3.05) is 0 Å². The number of hydrogen-bond donors (Lipinski definition) is 1. The van der Waals surface area contributed by atoms with Crippen LogP contribution in [0.15, 0.2) is 0 Å². The molecule has 0 aliphatic carbocycles. The van der Waals surface area contributed by atoms with E-state index in [4.69, 9.17) is 0 Å². The Hall–Kier alpha value is -0.0400. The fourth-order valence-corrected chi connectivity index (χ4v) is 2.58. The van der Waals surface area contributed by atoms with Crippen LogP contribution in [-0.2, 0) is 0 Å². The average molecular weight is 271 g/mol. The summed E-state index contributed by atoms with van der Waals surface area (Å²) < 4.78 is 0. The van der Waals surface area contributed by atoms with Gasteiger partial charge < -0.3 is 5.11 Å². The molecule has 0 heterocycles. The molecular weight excluding hydrogens is 232 g/mol. The van der Waals surface area contributed by atoms with Gasteiger partial charge in [0.05, 0.1) is 5.60 Å². The number of hydrogen-bond acceptors (Lipinski definition) is 1. The molecule has 1 heteroatoms. The summed E-state index contributed by atoms with van der Waals surface area (Å²) in [6.45, 7) is 13.2. The van der Waals surface area contributed by atoms with E-state index in [1.807, 2.05) is 13.8 Å². The van der Waals surface area contributed by atoms with E-state index in [1.165, 1.54) is 38.5 Å². The Morgan fingerprint density at radius 1 is 0.737 bits per heavy atom. The van der Waals surface area contributed by atoms with E-state index < -0.39 is 5.60 Å². The molecule has 0 amide bonds. The van der Waals surface area contributed by atoms with Crippen LogP contribution in [0, 0.1) is 17.8 Å². The van der Waals surface area contributed by atoms with Gasteiger partial charge >= 0.3 is 0 Å². The first-order valence-corrected chi connectivity index (χ1v) is 8.43. The second kappa shape index (κ2) is 9.80. The fraction of sp³-hybridized carbons (Fsp3) is 1.00. The van der Waals surface area contributed by atoms with Crippen molar-refractivity contribution in [3.8, 4) is 0 Å². The van der Waals surface area contributed by atoms with Crippen molar-refractivity contribution in [3.05, 3.63) is 0 Å². The molecule has 0 saturated carbocycles. The zero-order chi connectivity index (χ0) is 14.9. The van der Waals surface area contributed by atoms with E-state index in [9.17, 15) is 5.11 Å². The highest BCUT2D eigenvalue weighted by Crippen LogP contribution is 2.22. The van der Waals surface area contributed by atoms with Gasteiger partial charge in [-0.05, 0) is 44.4 Å². The summed E-state index contributed by atoms with van der Waals surface area (Å²) in [6, 6.07) is 0. The molecule has 1 nitrogen and oxygen atoms in total. The molecule has 0 aliphatic heterocycles. The highest BCUT2D eigenvalue weighted by molar-refractivity contribution is 4.67. The smallest absolute Gasteiger partial charge is 0.0591 e. The molecule has 0 saturated heterocycles. The highest BCUT2D eigenvalue weighted by Gasteiger charge is 2.14. The minimum atomic E-state index is -0.488. The molecule has 116 valence electrons. The molecule has 0 fully saturated rings. The molecule has 0 spiro atoms. The summed E-state index contributed by atoms with van der Waals surface area (Å²) in [5.74, 6) is 2.50. The van der Waals surface area contributed by atoms with Crippen molar-refractivity contribution >= 4 is 0 Å². The molecule has 0 bridgehead atoms. The van der Waals surface area contributed by atoms with E-state index in [-0.39, 0.29) is 0 Å². The summed E-state index contributed by atoms with van der Waals surface area (Å²) in [6.07, 6.45) is 10.3. The maximum absolute atomic E-state index is 9.72. The second-order valence-corrected chi connectivity index (χ2v) is 7.82. The van der Waals surface area contributed by atoms with Gasteiger partial charge in [0.25, 0.3) is 0 Å². The first-order valence-electron chi connectivity index (χ1n) is 8.43. The molecule has 0 radical (unpaired) electrons. The van der Waals surface area contributed by atoms with Crippen LogP contribution in [0.1, 0.15) is 92.9 Å². The van der Waals surface area contributed by atoms with Crippen molar-refractivity contribution < 1.29 is 5.11 Å². The van der Waals surface area contributed by atoms with Crippen LogP contribution in [0.4, 0.5) is 0 Å². The van der Waals surface area contributed by atoms with Gasteiger partial charge in [-0.15, -0.1) is 0 Å². The van der Waals surface area contributed by atoms with E-state index in [1.54, 1.807) is 0 Å². The van der Waals surface area contributed by atoms with Gasteiger partial charge in [0.2, 0.25) is 0 Å². The van der Waals surface area contributed by atoms with Crippen molar-refractivity contribution in [1.29, 1.82) is 0 Å². The summed E-state index contributed by atoms with van der Waals surface area (Å²) in [7, 11) is 0. The summed E-state index contributed by atoms with van der Waals surface area (Å²) >= 11 is 0. The van der Waals surface area contributed by atoms with Crippen LogP contribution in [-0.4, -0.2) is 10.7 Å².